The number of nitrogens with one attached hydrogen (secondary N) is 1. The number of piperidine rings is 1. The highest BCUT2D eigenvalue weighted by atomic mass is 32.1. The van der Waals surface area contributed by atoms with E-state index in [-0.39, 0.29) is 35.1 Å². The van der Waals surface area contributed by atoms with Crippen LogP contribution >= 0.6 is 11.3 Å². The molecular formula is C27H30FN5O2S. The second kappa shape index (κ2) is 11.3. The van der Waals surface area contributed by atoms with Gasteiger partial charge in [-0.1, -0.05) is 42.0 Å². The SMILES string of the molecule is O=C(NC1CC(=O)N(c2ccc(CN3CCCCC3)cc2)C1)c1nnc(CCc2ccc(F)cc2)s1. The number of hydrogen-bond donors (Lipinski definition) is 1. The largest absolute Gasteiger partial charge is 0.345 e. The van der Waals surface area contributed by atoms with Gasteiger partial charge < -0.3 is 10.2 Å². The maximum absolute atomic E-state index is 13.1. The minimum atomic E-state index is -0.308. The third kappa shape index (κ3) is 6.14. The van der Waals surface area contributed by atoms with Gasteiger partial charge in [0.15, 0.2) is 0 Å². The third-order valence-electron chi connectivity index (χ3n) is 6.77. The predicted octanol–water partition coefficient (Wildman–Crippen LogP) is 3.98. The molecule has 7 nitrogen and oxygen atoms in total. The number of hydrogen-bond acceptors (Lipinski definition) is 6. The molecule has 1 atom stereocenters. The summed E-state index contributed by atoms with van der Waals surface area (Å²) in [5.41, 5.74) is 3.11. The molecule has 5 rings (SSSR count). The third-order valence-corrected chi connectivity index (χ3v) is 7.75. The first-order valence-corrected chi connectivity index (χ1v) is 13.3. The van der Waals surface area contributed by atoms with E-state index in [2.05, 4.69) is 32.5 Å². The number of aromatic nitrogens is 2. The molecule has 2 aliphatic heterocycles. The Balaban J connectivity index is 1.12. The van der Waals surface area contributed by atoms with Crippen molar-refractivity contribution in [2.75, 3.05) is 24.5 Å². The van der Waals surface area contributed by atoms with Crippen molar-refractivity contribution in [1.29, 1.82) is 0 Å². The minimum Gasteiger partial charge on any atom is -0.345 e. The molecule has 3 aromatic rings. The van der Waals surface area contributed by atoms with Gasteiger partial charge in [0.25, 0.3) is 5.91 Å². The van der Waals surface area contributed by atoms with E-state index in [1.54, 1.807) is 17.0 Å². The molecule has 188 valence electrons. The maximum Gasteiger partial charge on any atom is 0.282 e. The Morgan fingerprint density at radius 2 is 1.69 bits per heavy atom. The van der Waals surface area contributed by atoms with Crippen LogP contribution in [-0.2, 0) is 24.2 Å². The predicted molar refractivity (Wildman–Crippen MR) is 138 cm³/mol. The van der Waals surface area contributed by atoms with E-state index >= 15 is 0 Å². The van der Waals surface area contributed by atoms with Crippen LogP contribution in [-0.4, -0.2) is 52.6 Å². The van der Waals surface area contributed by atoms with E-state index in [9.17, 15) is 14.0 Å². The summed E-state index contributed by atoms with van der Waals surface area (Å²) < 4.78 is 13.1. The molecule has 2 aromatic carbocycles. The molecule has 2 saturated heterocycles. The van der Waals surface area contributed by atoms with E-state index in [1.165, 1.54) is 48.3 Å². The number of likely N-dealkylation sites (tertiary alicyclic amines) is 1. The van der Waals surface area contributed by atoms with E-state index in [0.29, 0.717) is 19.4 Å². The minimum absolute atomic E-state index is 0.00123. The van der Waals surface area contributed by atoms with E-state index in [4.69, 9.17) is 0 Å². The molecule has 2 amide bonds. The molecule has 0 radical (unpaired) electrons. The molecule has 36 heavy (non-hydrogen) atoms. The van der Waals surface area contributed by atoms with Crippen molar-refractivity contribution in [2.45, 2.75) is 51.1 Å². The second-order valence-corrected chi connectivity index (χ2v) is 10.6. The Labute approximate surface area is 214 Å². The molecule has 2 aliphatic rings. The highest BCUT2D eigenvalue weighted by Gasteiger charge is 2.32. The van der Waals surface area contributed by atoms with Gasteiger partial charge in [-0.3, -0.25) is 14.5 Å². The summed E-state index contributed by atoms with van der Waals surface area (Å²) in [6.07, 6.45) is 5.43. The van der Waals surface area contributed by atoms with Crippen LogP contribution in [0.5, 0.6) is 0 Å². The Kier molecular flexibility index (Phi) is 7.67. The number of anilines is 1. The fraction of sp³-hybridized carbons (Fsp3) is 0.407. The van der Waals surface area contributed by atoms with Crippen LogP contribution in [0.2, 0.25) is 0 Å². The van der Waals surface area contributed by atoms with Gasteiger partial charge in [0.2, 0.25) is 10.9 Å². The van der Waals surface area contributed by atoms with Crippen LogP contribution in [0.15, 0.2) is 48.5 Å². The monoisotopic (exact) mass is 507 g/mol. The summed E-state index contributed by atoms with van der Waals surface area (Å²) in [6.45, 7) is 3.68. The summed E-state index contributed by atoms with van der Waals surface area (Å²) >= 11 is 1.25. The average Bonchev–Trinajstić information content (AvgIpc) is 3.51. The van der Waals surface area contributed by atoms with E-state index < -0.39 is 0 Å². The van der Waals surface area contributed by atoms with Crippen molar-refractivity contribution in [2.24, 2.45) is 0 Å². The topological polar surface area (TPSA) is 78.4 Å². The van der Waals surface area contributed by atoms with Gasteiger partial charge in [0, 0.05) is 31.6 Å². The number of aryl methyl sites for hydroxylation is 2. The van der Waals surface area contributed by atoms with Crippen LogP contribution in [0.1, 0.15) is 51.6 Å². The van der Waals surface area contributed by atoms with Gasteiger partial charge in [-0.25, -0.2) is 4.39 Å². The molecule has 2 fully saturated rings. The number of nitrogens with zero attached hydrogens (tertiary/aromatic N) is 4. The van der Waals surface area contributed by atoms with Crippen molar-refractivity contribution >= 4 is 28.8 Å². The normalized spacial score (nSPS) is 18.5. The highest BCUT2D eigenvalue weighted by Crippen LogP contribution is 2.24. The molecular weight excluding hydrogens is 477 g/mol. The summed E-state index contributed by atoms with van der Waals surface area (Å²) in [5.74, 6) is -0.569. The smallest absolute Gasteiger partial charge is 0.282 e. The summed E-state index contributed by atoms with van der Waals surface area (Å²) in [4.78, 5) is 29.6. The lowest BCUT2D eigenvalue weighted by atomic mass is 10.1. The summed E-state index contributed by atoms with van der Waals surface area (Å²) in [7, 11) is 0. The van der Waals surface area contributed by atoms with Crippen molar-refractivity contribution in [3.8, 4) is 0 Å². The first kappa shape index (κ1) is 24.5. The van der Waals surface area contributed by atoms with E-state index in [0.717, 1.165) is 35.9 Å². The quantitative estimate of drug-likeness (QED) is 0.499. The van der Waals surface area contributed by atoms with Gasteiger partial charge >= 0.3 is 0 Å². The lowest BCUT2D eigenvalue weighted by molar-refractivity contribution is -0.117. The molecule has 1 N–H and O–H groups in total. The number of amides is 2. The first-order valence-electron chi connectivity index (χ1n) is 12.5. The maximum atomic E-state index is 13.1. The molecule has 9 heteroatoms. The number of rotatable bonds is 8. The Hall–Kier alpha value is -3.17. The van der Waals surface area contributed by atoms with Gasteiger partial charge in [0.1, 0.15) is 10.8 Å². The van der Waals surface area contributed by atoms with Crippen LogP contribution in [0.3, 0.4) is 0 Å². The molecule has 1 aromatic heterocycles. The highest BCUT2D eigenvalue weighted by molar-refractivity contribution is 7.13. The molecule has 1 unspecified atom stereocenters. The van der Waals surface area contributed by atoms with Crippen LogP contribution < -0.4 is 10.2 Å². The number of benzene rings is 2. The zero-order valence-electron chi connectivity index (χ0n) is 20.2. The number of carbonyl (C=O) groups excluding carboxylic acids is 2. The second-order valence-electron chi connectivity index (χ2n) is 9.51. The zero-order valence-corrected chi connectivity index (χ0v) is 21.0. The van der Waals surface area contributed by atoms with Crippen LogP contribution in [0.4, 0.5) is 10.1 Å². The van der Waals surface area contributed by atoms with Gasteiger partial charge in [-0.05, 0) is 67.7 Å². The van der Waals surface area contributed by atoms with Crippen molar-refractivity contribution in [1.82, 2.24) is 20.4 Å². The van der Waals surface area contributed by atoms with Crippen LogP contribution in [0, 0.1) is 5.82 Å². The zero-order chi connectivity index (χ0) is 24.9. The van der Waals surface area contributed by atoms with Gasteiger partial charge in [-0.2, -0.15) is 0 Å². The lowest BCUT2D eigenvalue weighted by Gasteiger charge is -2.26. The summed E-state index contributed by atoms with van der Waals surface area (Å²) in [5, 5.41) is 12.1. The standard InChI is InChI=1S/C27H30FN5O2S/c28-21-9-4-19(5-10-21)8-13-24-30-31-27(36-24)26(35)29-22-16-25(34)33(18-22)23-11-6-20(7-12-23)17-32-14-2-1-3-15-32/h4-7,9-12,22H,1-3,8,13-18H2,(H,29,35). The molecule has 0 spiro atoms. The summed E-state index contributed by atoms with van der Waals surface area (Å²) in [6, 6.07) is 14.3. The first-order chi connectivity index (χ1) is 17.5. The molecule has 0 bridgehead atoms. The molecule has 0 aliphatic carbocycles. The van der Waals surface area contributed by atoms with E-state index in [1.807, 2.05) is 12.1 Å². The molecule has 3 heterocycles. The lowest BCUT2D eigenvalue weighted by Crippen LogP contribution is -2.37. The Morgan fingerprint density at radius 1 is 0.972 bits per heavy atom. The Morgan fingerprint density at radius 3 is 2.44 bits per heavy atom. The molecule has 0 saturated carbocycles. The number of halogens is 1. The van der Waals surface area contributed by atoms with Crippen LogP contribution in [0.25, 0.3) is 0 Å². The fourth-order valence-electron chi connectivity index (χ4n) is 4.81. The van der Waals surface area contributed by atoms with Gasteiger partial charge in [0.05, 0.1) is 6.04 Å². The van der Waals surface area contributed by atoms with Gasteiger partial charge in [-0.15, -0.1) is 10.2 Å². The van der Waals surface area contributed by atoms with Crippen molar-refractivity contribution < 1.29 is 14.0 Å². The van der Waals surface area contributed by atoms with Crippen molar-refractivity contribution in [3.05, 3.63) is 75.5 Å². The van der Waals surface area contributed by atoms with Crippen molar-refractivity contribution in [3.63, 3.8) is 0 Å². The average molecular weight is 508 g/mol. The number of carbonyl (C=O) groups is 2. The Bertz CT molecular complexity index is 1190. The fourth-order valence-corrected chi connectivity index (χ4v) is 5.55.